The lowest BCUT2D eigenvalue weighted by Crippen LogP contribution is -2.44. The zero-order valence-electron chi connectivity index (χ0n) is 13.4. The molecule has 1 aliphatic carbocycles. The third-order valence-corrected chi connectivity index (χ3v) is 5.65. The third kappa shape index (κ3) is 4.04. The molecule has 0 bridgehead atoms. The van der Waals surface area contributed by atoms with Gasteiger partial charge in [0, 0.05) is 17.5 Å². The van der Waals surface area contributed by atoms with Gasteiger partial charge >= 0.3 is 0 Å². The van der Waals surface area contributed by atoms with Crippen LogP contribution in [0.4, 0.5) is 0 Å². The van der Waals surface area contributed by atoms with Crippen molar-refractivity contribution in [2.75, 3.05) is 13.1 Å². The van der Waals surface area contributed by atoms with Gasteiger partial charge in [-0.1, -0.05) is 55.8 Å². The highest BCUT2D eigenvalue weighted by atomic mass is 35.5. The second-order valence-electron chi connectivity index (χ2n) is 7.17. The van der Waals surface area contributed by atoms with Crippen LogP contribution in [0, 0.1) is 11.8 Å². The van der Waals surface area contributed by atoms with Gasteiger partial charge in [-0.15, -0.1) is 0 Å². The second-order valence-corrected chi connectivity index (χ2v) is 7.60. The van der Waals surface area contributed by atoms with E-state index >= 15 is 0 Å². The summed E-state index contributed by atoms with van der Waals surface area (Å²) in [5.41, 5.74) is 0.266. The molecule has 1 aromatic carbocycles. The van der Waals surface area contributed by atoms with Crippen LogP contribution >= 0.6 is 11.6 Å². The predicted octanol–water partition coefficient (Wildman–Crippen LogP) is 4.50. The van der Waals surface area contributed by atoms with Gasteiger partial charge in [-0.05, 0) is 49.4 Å². The van der Waals surface area contributed by atoms with E-state index in [0.29, 0.717) is 5.92 Å². The normalized spacial score (nSPS) is 24.9. The molecule has 3 rings (SSSR count). The molecule has 0 amide bonds. The van der Waals surface area contributed by atoms with Crippen molar-refractivity contribution in [3.63, 3.8) is 0 Å². The maximum absolute atomic E-state index is 11.5. The Morgan fingerprint density at radius 1 is 1.23 bits per heavy atom. The van der Waals surface area contributed by atoms with Crippen LogP contribution in [0.3, 0.4) is 0 Å². The molecule has 0 aromatic heterocycles. The lowest BCUT2D eigenvalue weighted by molar-refractivity contribution is -0.0427. The average molecular weight is 322 g/mol. The first-order valence-corrected chi connectivity index (χ1v) is 9.25. The SMILES string of the molecule is O[C@](CCCCC1CC1)(c1cccc(Cl)c1)C1CCCNC1. The lowest BCUT2D eigenvalue weighted by atomic mass is 9.74. The van der Waals surface area contributed by atoms with Crippen LogP contribution < -0.4 is 5.32 Å². The fraction of sp³-hybridized carbons (Fsp3) is 0.684. The number of unbranched alkanes of at least 4 members (excludes halogenated alkanes) is 1. The van der Waals surface area contributed by atoms with Crippen molar-refractivity contribution in [1.82, 2.24) is 5.32 Å². The fourth-order valence-electron chi connectivity index (χ4n) is 3.84. The minimum absolute atomic E-state index is 0.292. The molecule has 1 aromatic rings. The summed E-state index contributed by atoms with van der Waals surface area (Å²) in [4.78, 5) is 0. The fourth-order valence-corrected chi connectivity index (χ4v) is 4.03. The highest BCUT2D eigenvalue weighted by molar-refractivity contribution is 6.30. The number of aliphatic hydroxyl groups is 1. The number of nitrogens with one attached hydrogen (secondary N) is 1. The van der Waals surface area contributed by atoms with Crippen molar-refractivity contribution in [3.05, 3.63) is 34.9 Å². The number of hydrogen-bond donors (Lipinski definition) is 2. The molecule has 22 heavy (non-hydrogen) atoms. The van der Waals surface area contributed by atoms with Gasteiger partial charge in [-0.2, -0.15) is 0 Å². The summed E-state index contributed by atoms with van der Waals surface area (Å²) in [5, 5.41) is 15.7. The highest BCUT2D eigenvalue weighted by Crippen LogP contribution is 2.40. The molecule has 2 nitrogen and oxygen atoms in total. The molecule has 1 unspecified atom stereocenters. The number of piperidine rings is 1. The van der Waals surface area contributed by atoms with Crippen LogP contribution in [0.15, 0.2) is 24.3 Å². The van der Waals surface area contributed by atoms with Crippen molar-refractivity contribution < 1.29 is 5.11 Å². The van der Waals surface area contributed by atoms with Gasteiger partial charge in [0.1, 0.15) is 0 Å². The van der Waals surface area contributed by atoms with E-state index < -0.39 is 5.60 Å². The molecule has 2 aliphatic rings. The van der Waals surface area contributed by atoms with Crippen molar-refractivity contribution in [1.29, 1.82) is 0 Å². The summed E-state index contributed by atoms with van der Waals surface area (Å²) >= 11 is 6.17. The summed E-state index contributed by atoms with van der Waals surface area (Å²) < 4.78 is 0. The van der Waals surface area contributed by atoms with Gasteiger partial charge in [0.25, 0.3) is 0 Å². The molecule has 3 heteroatoms. The summed E-state index contributed by atoms with van der Waals surface area (Å²) in [6.45, 7) is 1.98. The summed E-state index contributed by atoms with van der Waals surface area (Å²) in [6.07, 6.45) is 9.63. The molecule has 1 saturated carbocycles. The molecule has 1 heterocycles. The van der Waals surface area contributed by atoms with Crippen molar-refractivity contribution in [2.24, 2.45) is 11.8 Å². The lowest BCUT2D eigenvalue weighted by Gasteiger charge is -2.39. The van der Waals surface area contributed by atoms with E-state index in [1.165, 1.54) is 25.7 Å². The average Bonchev–Trinajstić information content (AvgIpc) is 3.36. The minimum Gasteiger partial charge on any atom is -0.385 e. The van der Waals surface area contributed by atoms with E-state index in [9.17, 15) is 5.11 Å². The van der Waals surface area contributed by atoms with Crippen molar-refractivity contribution in [3.8, 4) is 0 Å². The molecule has 1 saturated heterocycles. The molecular formula is C19H28ClNO. The van der Waals surface area contributed by atoms with E-state index in [1.807, 2.05) is 24.3 Å². The first-order chi connectivity index (χ1) is 10.7. The summed E-state index contributed by atoms with van der Waals surface area (Å²) in [7, 11) is 0. The standard InChI is InChI=1S/C19H28ClNO/c20-18-8-3-6-16(13-18)19(22,17-7-4-12-21-14-17)11-2-1-5-15-9-10-15/h3,6,8,13,15,17,21-22H,1-2,4-5,7,9-12,14H2/t17?,19-/m1/s1. The highest BCUT2D eigenvalue weighted by Gasteiger charge is 2.38. The summed E-state index contributed by atoms with van der Waals surface area (Å²) in [5.74, 6) is 1.27. The van der Waals surface area contributed by atoms with E-state index in [0.717, 1.165) is 55.3 Å². The Morgan fingerprint density at radius 3 is 2.77 bits per heavy atom. The van der Waals surface area contributed by atoms with Crippen LogP contribution in [0.25, 0.3) is 0 Å². The van der Waals surface area contributed by atoms with Crippen LogP contribution in [0.5, 0.6) is 0 Å². The van der Waals surface area contributed by atoms with E-state index in [4.69, 9.17) is 11.6 Å². The predicted molar refractivity (Wildman–Crippen MR) is 92.1 cm³/mol. The zero-order chi connectivity index (χ0) is 15.4. The molecule has 1 aliphatic heterocycles. The Hall–Kier alpha value is -0.570. The Balaban J connectivity index is 1.70. The topological polar surface area (TPSA) is 32.3 Å². The Labute approximate surface area is 139 Å². The van der Waals surface area contributed by atoms with Crippen LogP contribution in [0.1, 0.15) is 56.9 Å². The molecule has 2 fully saturated rings. The minimum atomic E-state index is -0.734. The maximum atomic E-state index is 11.5. The van der Waals surface area contributed by atoms with Crippen LogP contribution in [0.2, 0.25) is 5.02 Å². The van der Waals surface area contributed by atoms with Crippen LogP contribution in [-0.4, -0.2) is 18.2 Å². The quantitative estimate of drug-likeness (QED) is 0.725. The van der Waals surface area contributed by atoms with Crippen molar-refractivity contribution >= 4 is 11.6 Å². The van der Waals surface area contributed by atoms with Gasteiger partial charge in [0.05, 0.1) is 5.60 Å². The monoisotopic (exact) mass is 321 g/mol. The molecule has 122 valence electrons. The van der Waals surface area contributed by atoms with Gasteiger partial charge in [-0.3, -0.25) is 0 Å². The van der Waals surface area contributed by atoms with E-state index in [-0.39, 0.29) is 0 Å². The first kappa shape index (κ1) is 16.3. The summed E-state index contributed by atoms with van der Waals surface area (Å²) in [6, 6.07) is 7.85. The number of rotatable bonds is 7. The largest absolute Gasteiger partial charge is 0.385 e. The first-order valence-electron chi connectivity index (χ1n) is 8.87. The number of halogens is 1. The Kier molecular flexibility index (Phi) is 5.43. The van der Waals surface area contributed by atoms with Crippen LogP contribution in [-0.2, 0) is 5.60 Å². The van der Waals surface area contributed by atoms with Gasteiger partial charge in [0.2, 0.25) is 0 Å². The number of hydrogen-bond acceptors (Lipinski definition) is 2. The van der Waals surface area contributed by atoms with Crippen molar-refractivity contribution in [2.45, 2.75) is 57.0 Å². The molecule has 0 radical (unpaired) electrons. The Bertz CT molecular complexity index is 482. The molecular weight excluding hydrogens is 294 g/mol. The van der Waals surface area contributed by atoms with E-state index in [1.54, 1.807) is 0 Å². The molecule has 2 atom stereocenters. The number of benzene rings is 1. The maximum Gasteiger partial charge on any atom is 0.0937 e. The Morgan fingerprint density at radius 2 is 2.09 bits per heavy atom. The second kappa shape index (κ2) is 7.33. The van der Waals surface area contributed by atoms with Gasteiger partial charge in [-0.25, -0.2) is 0 Å². The molecule has 2 N–H and O–H groups in total. The van der Waals surface area contributed by atoms with Gasteiger partial charge < -0.3 is 10.4 Å². The zero-order valence-corrected chi connectivity index (χ0v) is 14.1. The third-order valence-electron chi connectivity index (χ3n) is 5.41. The van der Waals surface area contributed by atoms with Gasteiger partial charge in [0.15, 0.2) is 0 Å². The smallest absolute Gasteiger partial charge is 0.0937 e. The van der Waals surface area contributed by atoms with E-state index in [2.05, 4.69) is 5.32 Å². The molecule has 0 spiro atoms.